The Morgan fingerprint density at radius 3 is 2.36 bits per heavy atom. The van der Waals surface area contributed by atoms with Crippen LogP contribution in [-0.2, 0) is 29.6 Å². The maximum atomic E-state index is 12.8. The molecule has 3 aromatic rings. The summed E-state index contributed by atoms with van der Waals surface area (Å²) in [4.78, 5) is 17.2. The molecule has 0 fully saturated rings. The van der Waals surface area contributed by atoms with E-state index in [0.717, 1.165) is 49.6 Å². The lowest BCUT2D eigenvalue weighted by atomic mass is 10.1. The molecule has 0 unspecified atom stereocenters. The smallest absolute Gasteiger partial charge is 0.390 e. The van der Waals surface area contributed by atoms with Crippen molar-refractivity contribution in [1.82, 2.24) is 9.55 Å². The molecule has 0 aliphatic carbocycles. The first-order valence-electron chi connectivity index (χ1n) is 12.4. The van der Waals surface area contributed by atoms with Gasteiger partial charge in [0.25, 0.3) is 5.91 Å². The average Bonchev–Trinajstić information content (AvgIpc) is 3.18. The molecule has 3 N–H and O–H groups in total. The van der Waals surface area contributed by atoms with Crippen molar-refractivity contribution in [2.24, 2.45) is 0 Å². The van der Waals surface area contributed by atoms with Crippen molar-refractivity contribution in [2.75, 3.05) is 10.0 Å². The fourth-order valence-corrected chi connectivity index (χ4v) is 4.81. The number of imidazole rings is 1. The van der Waals surface area contributed by atoms with Crippen molar-refractivity contribution in [3.05, 3.63) is 76.3 Å². The van der Waals surface area contributed by atoms with Crippen LogP contribution in [0.4, 0.5) is 24.5 Å². The number of nitrogens with one attached hydrogen (secondary N) is 2. The Hall–Kier alpha value is -3.09. The molecule has 8 nitrogen and oxygen atoms in total. The molecule has 3 rings (SSSR count). The van der Waals surface area contributed by atoms with Gasteiger partial charge in [-0.3, -0.25) is 9.52 Å². The third-order valence-corrected chi connectivity index (χ3v) is 7.43. The Balaban J connectivity index is 1.72. The topological polar surface area (TPSA) is 113 Å². The number of carbonyl (C=O) groups is 1. The van der Waals surface area contributed by atoms with Gasteiger partial charge in [0.15, 0.2) is 5.15 Å². The highest BCUT2D eigenvalue weighted by atomic mass is 35.5. The van der Waals surface area contributed by atoms with Crippen LogP contribution in [0.25, 0.3) is 0 Å². The zero-order valence-corrected chi connectivity index (χ0v) is 22.8. The summed E-state index contributed by atoms with van der Waals surface area (Å²) in [6, 6.07) is 11.7. The number of aliphatic hydroxyl groups excluding tert-OH is 1. The van der Waals surface area contributed by atoms with E-state index >= 15 is 0 Å². The van der Waals surface area contributed by atoms with Crippen molar-refractivity contribution < 1.29 is 31.5 Å². The molecule has 0 bridgehead atoms. The SMILES string of the molecule is CCCCCCCc1nc(Cl)c(CO)n1Cc1ccc(NC(=O)c2ccccc2NS(=O)(=O)C(F)(F)F)cc1. The number of alkyl halides is 3. The van der Waals surface area contributed by atoms with Gasteiger partial charge in [-0.1, -0.05) is 68.5 Å². The number of unbranched alkanes of at least 4 members (excludes halogenated alkanes) is 4. The minimum Gasteiger partial charge on any atom is -0.390 e. The molecule has 0 radical (unpaired) electrons. The van der Waals surface area contributed by atoms with E-state index in [9.17, 15) is 31.5 Å². The molecule has 39 heavy (non-hydrogen) atoms. The number of halogens is 4. The number of aromatic nitrogens is 2. The van der Waals surface area contributed by atoms with Crippen molar-refractivity contribution in [3.8, 4) is 0 Å². The largest absolute Gasteiger partial charge is 0.516 e. The molecular weight excluding hydrogens is 557 g/mol. The number of aliphatic hydroxyl groups is 1. The van der Waals surface area contributed by atoms with Gasteiger partial charge < -0.3 is 15.0 Å². The number of rotatable bonds is 13. The van der Waals surface area contributed by atoms with Gasteiger partial charge in [-0.2, -0.15) is 21.6 Å². The Morgan fingerprint density at radius 1 is 1.05 bits per heavy atom. The predicted molar refractivity (Wildman–Crippen MR) is 144 cm³/mol. The van der Waals surface area contributed by atoms with Gasteiger partial charge in [0.2, 0.25) is 0 Å². The van der Waals surface area contributed by atoms with Crippen LogP contribution >= 0.6 is 11.6 Å². The standard InChI is InChI=1S/C26H30ClF3N4O4S/c1-2-3-4-5-6-11-23-32-24(27)22(17-35)34(23)16-18-12-14-19(15-13-18)31-25(36)20-9-7-8-10-21(20)33-39(37,38)26(28,29)30/h7-10,12-15,33,35H,2-6,11,16-17H2,1H3,(H,31,36). The highest BCUT2D eigenvalue weighted by Crippen LogP contribution is 2.28. The quantitative estimate of drug-likeness (QED) is 0.209. The zero-order valence-electron chi connectivity index (χ0n) is 21.3. The first-order chi connectivity index (χ1) is 18.5. The summed E-state index contributed by atoms with van der Waals surface area (Å²) in [6.07, 6.45) is 6.20. The summed E-state index contributed by atoms with van der Waals surface area (Å²) in [5.41, 5.74) is -4.62. The number of hydrogen-bond acceptors (Lipinski definition) is 5. The van der Waals surface area contributed by atoms with Crippen molar-refractivity contribution in [2.45, 2.75) is 64.1 Å². The molecule has 0 saturated heterocycles. The number of anilines is 2. The van der Waals surface area contributed by atoms with E-state index < -0.39 is 27.1 Å². The Bertz CT molecular complexity index is 1380. The molecule has 0 saturated carbocycles. The fraction of sp³-hybridized carbons (Fsp3) is 0.385. The van der Waals surface area contributed by atoms with Crippen LogP contribution < -0.4 is 10.0 Å². The van der Waals surface area contributed by atoms with Crippen LogP contribution in [-0.4, -0.2) is 34.5 Å². The molecular formula is C26H30ClF3N4O4S. The minimum atomic E-state index is -5.70. The molecule has 0 spiro atoms. The number of para-hydroxylation sites is 1. The van der Waals surface area contributed by atoms with Gasteiger partial charge in [-0.25, -0.2) is 4.98 Å². The summed E-state index contributed by atoms with van der Waals surface area (Å²) in [7, 11) is -5.70. The van der Waals surface area contributed by atoms with Crippen LogP contribution in [0.5, 0.6) is 0 Å². The summed E-state index contributed by atoms with van der Waals surface area (Å²) >= 11 is 6.25. The monoisotopic (exact) mass is 586 g/mol. The Morgan fingerprint density at radius 2 is 1.72 bits per heavy atom. The average molecular weight is 587 g/mol. The summed E-state index contributed by atoms with van der Waals surface area (Å²) in [5, 5.41) is 12.6. The van der Waals surface area contributed by atoms with E-state index in [-0.39, 0.29) is 17.3 Å². The fourth-order valence-electron chi connectivity index (χ4n) is 3.97. The molecule has 0 aliphatic rings. The van der Waals surface area contributed by atoms with Crippen molar-refractivity contribution >= 4 is 38.9 Å². The van der Waals surface area contributed by atoms with E-state index in [4.69, 9.17) is 11.6 Å². The van der Waals surface area contributed by atoms with Crippen LogP contribution in [0.3, 0.4) is 0 Å². The number of sulfonamides is 1. The molecule has 2 aromatic carbocycles. The van der Waals surface area contributed by atoms with E-state index in [1.165, 1.54) is 29.3 Å². The van der Waals surface area contributed by atoms with E-state index in [2.05, 4.69) is 17.2 Å². The van der Waals surface area contributed by atoms with Crippen LogP contribution in [0.15, 0.2) is 48.5 Å². The summed E-state index contributed by atoms with van der Waals surface area (Å²) in [6.45, 7) is 2.27. The highest BCUT2D eigenvalue weighted by Gasteiger charge is 2.46. The second kappa shape index (κ2) is 13.3. The number of carbonyl (C=O) groups excluding carboxylic acids is 1. The summed E-state index contributed by atoms with van der Waals surface area (Å²) in [5.74, 6) is -0.0200. The maximum Gasteiger partial charge on any atom is 0.516 e. The third-order valence-electron chi connectivity index (χ3n) is 6.03. The van der Waals surface area contributed by atoms with Crippen LogP contribution in [0, 0.1) is 0 Å². The second-order valence-corrected chi connectivity index (χ2v) is 11.0. The van der Waals surface area contributed by atoms with Crippen molar-refractivity contribution in [1.29, 1.82) is 0 Å². The Kier molecular flexibility index (Phi) is 10.4. The van der Waals surface area contributed by atoms with Gasteiger partial charge in [0.1, 0.15) is 5.82 Å². The lowest BCUT2D eigenvalue weighted by Crippen LogP contribution is -2.30. The molecule has 212 valence electrons. The number of aryl methyl sites for hydroxylation is 1. The van der Waals surface area contributed by atoms with Gasteiger partial charge in [0.05, 0.1) is 23.6 Å². The lowest BCUT2D eigenvalue weighted by molar-refractivity contribution is -0.0429. The summed E-state index contributed by atoms with van der Waals surface area (Å²) < 4.78 is 64.7. The van der Waals surface area contributed by atoms with E-state index in [0.29, 0.717) is 17.9 Å². The first-order valence-corrected chi connectivity index (χ1v) is 14.3. The van der Waals surface area contributed by atoms with E-state index in [1.807, 2.05) is 4.57 Å². The van der Waals surface area contributed by atoms with Crippen LogP contribution in [0.2, 0.25) is 5.15 Å². The number of hydrogen-bond donors (Lipinski definition) is 3. The molecule has 0 atom stereocenters. The number of amides is 1. The van der Waals surface area contributed by atoms with Crippen LogP contribution in [0.1, 0.15) is 66.5 Å². The van der Waals surface area contributed by atoms with Crippen molar-refractivity contribution in [3.63, 3.8) is 0 Å². The van der Waals surface area contributed by atoms with Gasteiger partial charge in [-0.15, -0.1) is 0 Å². The lowest BCUT2D eigenvalue weighted by Gasteiger charge is -2.14. The van der Waals surface area contributed by atoms with E-state index in [1.54, 1.807) is 24.3 Å². The van der Waals surface area contributed by atoms with Gasteiger partial charge >= 0.3 is 15.5 Å². The third kappa shape index (κ3) is 7.96. The normalized spacial score (nSPS) is 11.9. The zero-order chi connectivity index (χ0) is 28.6. The molecule has 13 heteroatoms. The van der Waals surface area contributed by atoms with Gasteiger partial charge in [0, 0.05) is 18.7 Å². The highest BCUT2D eigenvalue weighted by molar-refractivity contribution is 7.93. The number of benzene rings is 2. The Labute approximate surface area is 230 Å². The molecule has 1 heterocycles. The first kappa shape index (κ1) is 30.5. The molecule has 1 aromatic heterocycles. The second-order valence-electron chi connectivity index (χ2n) is 8.92. The maximum absolute atomic E-state index is 12.8. The minimum absolute atomic E-state index is 0.254. The number of nitrogens with zero attached hydrogens (tertiary/aromatic N) is 2. The predicted octanol–water partition coefficient (Wildman–Crippen LogP) is 6.10. The molecule has 1 amide bonds. The van der Waals surface area contributed by atoms with Gasteiger partial charge in [-0.05, 0) is 36.2 Å². The molecule has 0 aliphatic heterocycles.